The fourth-order valence-electron chi connectivity index (χ4n) is 2.58. The second-order valence-corrected chi connectivity index (χ2v) is 6.61. The fraction of sp³-hybridized carbons (Fsp3) is 1.00. The lowest BCUT2D eigenvalue weighted by Crippen LogP contribution is -2.31. The van der Waals surface area contributed by atoms with Crippen LogP contribution in [0.3, 0.4) is 0 Å². The smallest absolute Gasteiger partial charge is 0.163 e. The Morgan fingerprint density at radius 2 is 1.60 bits per heavy atom. The van der Waals surface area contributed by atoms with Gasteiger partial charge in [0.25, 0.3) is 0 Å². The van der Waals surface area contributed by atoms with Gasteiger partial charge in [0.1, 0.15) is 6.10 Å². The summed E-state index contributed by atoms with van der Waals surface area (Å²) in [6.45, 7) is 17.0. The highest BCUT2D eigenvalue weighted by Crippen LogP contribution is 2.23. The highest BCUT2D eigenvalue weighted by atomic mass is 16.7. The Morgan fingerprint density at radius 1 is 1.04 bits per heavy atom. The Hall–Kier alpha value is -0.160. The summed E-state index contributed by atoms with van der Waals surface area (Å²) in [5.41, 5.74) is 0. The number of hydrogen-bond acceptors (Lipinski definition) is 4. The van der Waals surface area contributed by atoms with Crippen LogP contribution in [0.25, 0.3) is 0 Å². The summed E-state index contributed by atoms with van der Waals surface area (Å²) in [5.74, 6) is -0.506. The minimum atomic E-state index is -0.506. The molecule has 0 amide bonds. The molecule has 0 aliphatic carbocycles. The highest BCUT2D eigenvalue weighted by Gasteiger charge is 2.33. The number of ether oxygens (including phenoxy) is 3. The number of unbranched alkanes of at least 4 members (excludes halogenated alkanes) is 5. The van der Waals surface area contributed by atoms with Gasteiger partial charge in [0, 0.05) is 0 Å². The molecule has 0 aromatic heterocycles. The van der Waals surface area contributed by atoms with E-state index in [4.69, 9.17) is 14.2 Å². The molecule has 0 saturated carbocycles. The van der Waals surface area contributed by atoms with Gasteiger partial charge in [-0.3, -0.25) is 0 Å². The third-order valence-corrected chi connectivity index (χ3v) is 4.01. The van der Waals surface area contributed by atoms with Gasteiger partial charge in [0.2, 0.25) is 0 Å². The lowest BCUT2D eigenvalue weighted by atomic mass is 10.0. The van der Waals surface area contributed by atoms with Gasteiger partial charge in [-0.2, -0.15) is 0 Å². The molecule has 1 rings (SSSR count). The maximum atomic E-state index is 10.1. The average Bonchev–Trinajstić information content (AvgIpc) is 2.98. The van der Waals surface area contributed by atoms with E-state index in [9.17, 15) is 5.11 Å². The van der Waals surface area contributed by atoms with Crippen LogP contribution >= 0.6 is 0 Å². The Kier molecular flexibility index (Phi) is 18.7. The van der Waals surface area contributed by atoms with Crippen molar-refractivity contribution in [1.82, 2.24) is 0 Å². The molecule has 154 valence electrons. The standard InChI is InChI=1S/C17H34O4.2C2H6/c1-5-6-7-8-9-10-11-16(18)14(2)19-12-15-13-20-17(3,4)21-15;2*1-2/h14-16,18H,5-13H2,1-4H3;2*1-2H3. The molecule has 0 aromatic carbocycles. The lowest BCUT2D eigenvalue weighted by Gasteiger charge is -2.22. The van der Waals surface area contributed by atoms with Gasteiger partial charge < -0.3 is 19.3 Å². The van der Waals surface area contributed by atoms with Gasteiger partial charge in [-0.05, 0) is 27.2 Å². The zero-order chi connectivity index (χ0) is 19.7. The van der Waals surface area contributed by atoms with Crippen LogP contribution in [0.5, 0.6) is 0 Å². The molecule has 0 radical (unpaired) electrons. The van der Waals surface area contributed by atoms with E-state index in [2.05, 4.69) is 6.92 Å². The van der Waals surface area contributed by atoms with E-state index in [1.807, 2.05) is 48.5 Å². The Bertz CT molecular complexity index is 269. The van der Waals surface area contributed by atoms with Gasteiger partial charge in [-0.1, -0.05) is 73.1 Å². The van der Waals surface area contributed by atoms with Crippen LogP contribution in [0.1, 0.15) is 100 Å². The first kappa shape index (κ1) is 27.1. The molecule has 1 N–H and O–H groups in total. The fourth-order valence-corrected chi connectivity index (χ4v) is 2.58. The molecule has 3 unspecified atom stereocenters. The summed E-state index contributed by atoms with van der Waals surface area (Å²) in [7, 11) is 0. The molecule has 1 aliphatic heterocycles. The molecule has 0 aromatic rings. The number of aliphatic hydroxyl groups is 1. The summed E-state index contributed by atoms with van der Waals surface area (Å²) in [4.78, 5) is 0. The van der Waals surface area contributed by atoms with Gasteiger partial charge in [-0.25, -0.2) is 0 Å². The maximum absolute atomic E-state index is 10.1. The van der Waals surface area contributed by atoms with Crippen molar-refractivity contribution in [2.24, 2.45) is 0 Å². The molecule has 4 heteroatoms. The molecular formula is C21H46O4. The van der Waals surface area contributed by atoms with Crippen LogP contribution in [0.15, 0.2) is 0 Å². The minimum Gasteiger partial charge on any atom is -0.390 e. The molecule has 3 atom stereocenters. The van der Waals surface area contributed by atoms with Crippen molar-refractivity contribution in [1.29, 1.82) is 0 Å². The largest absolute Gasteiger partial charge is 0.390 e. The monoisotopic (exact) mass is 362 g/mol. The van der Waals surface area contributed by atoms with Crippen LogP contribution in [0.4, 0.5) is 0 Å². The van der Waals surface area contributed by atoms with Gasteiger partial charge in [0.05, 0.1) is 25.4 Å². The van der Waals surface area contributed by atoms with E-state index in [0.717, 1.165) is 12.8 Å². The van der Waals surface area contributed by atoms with E-state index in [1.165, 1.54) is 32.1 Å². The third-order valence-electron chi connectivity index (χ3n) is 4.01. The van der Waals surface area contributed by atoms with Gasteiger partial charge in [0.15, 0.2) is 5.79 Å². The summed E-state index contributed by atoms with van der Waals surface area (Å²) >= 11 is 0. The van der Waals surface area contributed by atoms with Gasteiger partial charge in [-0.15, -0.1) is 0 Å². The van der Waals surface area contributed by atoms with E-state index in [1.54, 1.807) is 0 Å². The molecule has 0 spiro atoms. The molecule has 4 nitrogen and oxygen atoms in total. The Labute approximate surface area is 157 Å². The van der Waals surface area contributed by atoms with Gasteiger partial charge >= 0.3 is 0 Å². The van der Waals surface area contributed by atoms with Crippen molar-refractivity contribution in [3.63, 3.8) is 0 Å². The Morgan fingerprint density at radius 3 is 2.12 bits per heavy atom. The predicted octanol–water partition coefficient (Wildman–Crippen LogP) is 5.71. The van der Waals surface area contributed by atoms with Crippen molar-refractivity contribution in [2.75, 3.05) is 13.2 Å². The second kappa shape index (κ2) is 17.3. The van der Waals surface area contributed by atoms with Crippen molar-refractivity contribution in [2.45, 2.75) is 124 Å². The third kappa shape index (κ3) is 14.7. The first-order valence-corrected chi connectivity index (χ1v) is 10.6. The predicted molar refractivity (Wildman–Crippen MR) is 107 cm³/mol. The van der Waals surface area contributed by atoms with Crippen molar-refractivity contribution in [3.8, 4) is 0 Å². The van der Waals surface area contributed by atoms with E-state index >= 15 is 0 Å². The first-order valence-electron chi connectivity index (χ1n) is 10.6. The molecule has 1 aliphatic rings. The minimum absolute atomic E-state index is 0.0244. The molecule has 1 heterocycles. The quantitative estimate of drug-likeness (QED) is 0.478. The topological polar surface area (TPSA) is 47.9 Å². The highest BCUT2D eigenvalue weighted by molar-refractivity contribution is 4.72. The van der Waals surface area contributed by atoms with E-state index in [0.29, 0.717) is 13.2 Å². The van der Waals surface area contributed by atoms with E-state index in [-0.39, 0.29) is 18.3 Å². The van der Waals surface area contributed by atoms with Crippen LogP contribution in [0, 0.1) is 0 Å². The number of rotatable bonds is 11. The second-order valence-electron chi connectivity index (χ2n) is 6.61. The molecule has 25 heavy (non-hydrogen) atoms. The zero-order valence-corrected chi connectivity index (χ0v) is 18.3. The van der Waals surface area contributed by atoms with Crippen LogP contribution in [0.2, 0.25) is 0 Å². The number of aliphatic hydroxyl groups excluding tert-OH is 1. The maximum Gasteiger partial charge on any atom is 0.163 e. The summed E-state index contributed by atoms with van der Waals surface area (Å²) in [6, 6.07) is 0. The van der Waals surface area contributed by atoms with Crippen molar-refractivity contribution >= 4 is 0 Å². The summed E-state index contributed by atoms with van der Waals surface area (Å²) in [5, 5.41) is 10.1. The van der Waals surface area contributed by atoms with Crippen LogP contribution in [-0.4, -0.2) is 42.4 Å². The SMILES string of the molecule is CC.CC.CCCCCCCCC(O)C(C)OCC1COC(C)(C)O1. The first-order chi connectivity index (χ1) is 11.9. The average molecular weight is 363 g/mol. The summed E-state index contributed by atoms with van der Waals surface area (Å²) in [6.07, 6.45) is 7.74. The Balaban J connectivity index is 0. The summed E-state index contributed by atoms with van der Waals surface area (Å²) < 4.78 is 16.9. The van der Waals surface area contributed by atoms with Crippen molar-refractivity contribution in [3.05, 3.63) is 0 Å². The normalized spacial score (nSPS) is 20.8. The lowest BCUT2D eigenvalue weighted by molar-refractivity contribution is -0.150. The molecule has 0 bridgehead atoms. The molecular weight excluding hydrogens is 316 g/mol. The van der Waals surface area contributed by atoms with Crippen molar-refractivity contribution < 1.29 is 19.3 Å². The molecule has 1 saturated heterocycles. The van der Waals surface area contributed by atoms with Crippen LogP contribution < -0.4 is 0 Å². The van der Waals surface area contributed by atoms with Crippen LogP contribution in [-0.2, 0) is 14.2 Å². The number of hydrogen-bond donors (Lipinski definition) is 1. The molecule has 1 fully saturated rings. The zero-order valence-electron chi connectivity index (χ0n) is 18.3. The van der Waals surface area contributed by atoms with E-state index < -0.39 is 5.79 Å².